The Kier molecular flexibility index (Phi) is 3.13. The molecular formula is C16H15NOS. The number of nitrogen functional groups attached to an aromatic ring is 1. The minimum Gasteiger partial charge on any atom is -0.485 e. The molecule has 0 aliphatic rings. The highest BCUT2D eigenvalue weighted by Gasteiger charge is 2.10. The smallest absolute Gasteiger partial charge is 0.130 e. The third-order valence-corrected chi connectivity index (χ3v) is 4.20. The molecule has 1 unspecified atom stereocenters. The number of nitrogens with two attached hydrogens (primary N) is 1. The van der Waals surface area contributed by atoms with Gasteiger partial charge in [0.1, 0.15) is 11.9 Å². The minimum atomic E-state index is 0.0482. The van der Waals surface area contributed by atoms with Gasteiger partial charge in [-0.1, -0.05) is 30.3 Å². The molecule has 0 bridgehead atoms. The molecule has 2 aromatic carbocycles. The Morgan fingerprint density at radius 2 is 1.79 bits per heavy atom. The van der Waals surface area contributed by atoms with Crippen molar-refractivity contribution in [2.75, 3.05) is 5.73 Å². The van der Waals surface area contributed by atoms with Gasteiger partial charge in [-0.25, -0.2) is 0 Å². The second kappa shape index (κ2) is 4.94. The summed E-state index contributed by atoms with van der Waals surface area (Å²) in [4.78, 5) is 1.22. The molecular weight excluding hydrogens is 254 g/mol. The number of rotatable bonds is 3. The van der Waals surface area contributed by atoms with Crippen molar-refractivity contribution in [3.05, 3.63) is 58.8 Å². The van der Waals surface area contributed by atoms with Crippen molar-refractivity contribution in [2.45, 2.75) is 13.0 Å². The minimum absolute atomic E-state index is 0.0482. The zero-order valence-electron chi connectivity index (χ0n) is 10.7. The first-order valence-corrected chi connectivity index (χ1v) is 7.11. The summed E-state index contributed by atoms with van der Waals surface area (Å²) in [6.07, 6.45) is 0.0482. The number of ether oxygens (including phenoxy) is 1. The van der Waals surface area contributed by atoms with Crippen LogP contribution in [0.3, 0.4) is 0 Å². The van der Waals surface area contributed by atoms with Crippen molar-refractivity contribution in [1.82, 2.24) is 0 Å². The zero-order chi connectivity index (χ0) is 13.2. The van der Waals surface area contributed by atoms with E-state index in [0.29, 0.717) is 0 Å². The van der Waals surface area contributed by atoms with Crippen LogP contribution in [-0.2, 0) is 0 Å². The molecule has 1 atom stereocenters. The molecule has 3 rings (SSSR count). The summed E-state index contributed by atoms with van der Waals surface area (Å²) >= 11 is 1.71. The highest BCUT2D eigenvalue weighted by Crippen LogP contribution is 2.32. The first-order valence-electron chi connectivity index (χ1n) is 6.23. The fourth-order valence-corrected chi connectivity index (χ4v) is 2.89. The summed E-state index contributed by atoms with van der Waals surface area (Å²) in [6.45, 7) is 2.07. The van der Waals surface area contributed by atoms with Gasteiger partial charge in [0.15, 0.2) is 0 Å². The van der Waals surface area contributed by atoms with E-state index in [1.165, 1.54) is 4.88 Å². The number of benzene rings is 2. The molecule has 96 valence electrons. The summed E-state index contributed by atoms with van der Waals surface area (Å²) in [5.74, 6) is 0.880. The topological polar surface area (TPSA) is 35.2 Å². The van der Waals surface area contributed by atoms with E-state index in [1.54, 1.807) is 11.3 Å². The van der Waals surface area contributed by atoms with E-state index in [0.717, 1.165) is 22.2 Å². The van der Waals surface area contributed by atoms with E-state index in [4.69, 9.17) is 10.5 Å². The van der Waals surface area contributed by atoms with Crippen LogP contribution in [0.25, 0.3) is 10.8 Å². The van der Waals surface area contributed by atoms with Crippen LogP contribution >= 0.6 is 11.3 Å². The second-order valence-electron chi connectivity index (χ2n) is 4.47. The Bertz CT molecular complexity index is 691. The molecule has 19 heavy (non-hydrogen) atoms. The van der Waals surface area contributed by atoms with Crippen LogP contribution in [-0.4, -0.2) is 0 Å². The first kappa shape index (κ1) is 12.1. The molecule has 0 aliphatic heterocycles. The van der Waals surface area contributed by atoms with Gasteiger partial charge in [0.2, 0.25) is 0 Å². The van der Waals surface area contributed by atoms with Gasteiger partial charge in [-0.3, -0.25) is 0 Å². The molecule has 2 N–H and O–H groups in total. The van der Waals surface area contributed by atoms with E-state index in [9.17, 15) is 0 Å². The van der Waals surface area contributed by atoms with Crippen LogP contribution in [0.15, 0.2) is 53.9 Å². The fraction of sp³-hybridized carbons (Fsp3) is 0.125. The number of fused-ring (bicyclic) bond motifs is 1. The molecule has 0 spiro atoms. The highest BCUT2D eigenvalue weighted by atomic mass is 32.1. The van der Waals surface area contributed by atoms with E-state index in [2.05, 4.69) is 18.4 Å². The van der Waals surface area contributed by atoms with Crippen molar-refractivity contribution in [1.29, 1.82) is 0 Å². The third-order valence-electron chi connectivity index (χ3n) is 3.16. The number of anilines is 1. The number of hydrogen-bond donors (Lipinski definition) is 1. The van der Waals surface area contributed by atoms with Crippen LogP contribution < -0.4 is 10.5 Å². The summed E-state index contributed by atoms with van der Waals surface area (Å²) < 4.78 is 6.08. The van der Waals surface area contributed by atoms with Gasteiger partial charge < -0.3 is 10.5 Å². The average Bonchev–Trinajstić information content (AvgIpc) is 2.94. The number of hydrogen-bond acceptors (Lipinski definition) is 3. The van der Waals surface area contributed by atoms with E-state index in [-0.39, 0.29) is 6.10 Å². The predicted octanol–water partition coefficient (Wildman–Crippen LogP) is 4.62. The molecule has 3 aromatic rings. The Labute approximate surface area is 116 Å². The maximum atomic E-state index is 6.08. The second-order valence-corrected chi connectivity index (χ2v) is 5.45. The Morgan fingerprint density at radius 3 is 2.58 bits per heavy atom. The van der Waals surface area contributed by atoms with Crippen LogP contribution in [0.1, 0.15) is 17.9 Å². The van der Waals surface area contributed by atoms with Crippen molar-refractivity contribution in [3.8, 4) is 5.75 Å². The van der Waals surface area contributed by atoms with E-state index >= 15 is 0 Å². The molecule has 1 aromatic heterocycles. The van der Waals surface area contributed by atoms with Crippen LogP contribution in [0.4, 0.5) is 5.69 Å². The lowest BCUT2D eigenvalue weighted by Crippen LogP contribution is -2.01. The molecule has 3 heteroatoms. The van der Waals surface area contributed by atoms with Crippen molar-refractivity contribution in [2.24, 2.45) is 0 Å². The van der Waals surface area contributed by atoms with Crippen molar-refractivity contribution >= 4 is 27.8 Å². The molecule has 2 nitrogen and oxygen atoms in total. The lowest BCUT2D eigenvalue weighted by Gasteiger charge is -2.15. The molecule has 0 aliphatic carbocycles. The zero-order valence-corrected chi connectivity index (χ0v) is 11.5. The Morgan fingerprint density at radius 1 is 1.00 bits per heavy atom. The Hall–Kier alpha value is -2.00. The lowest BCUT2D eigenvalue weighted by atomic mass is 10.1. The molecule has 0 fully saturated rings. The molecule has 0 saturated carbocycles. The monoisotopic (exact) mass is 269 g/mol. The summed E-state index contributed by atoms with van der Waals surface area (Å²) in [7, 11) is 0. The van der Waals surface area contributed by atoms with Gasteiger partial charge >= 0.3 is 0 Å². The molecule has 0 radical (unpaired) electrons. The normalized spacial score (nSPS) is 12.5. The SMILES string of the molecule is CC(Oc1cccc2c(N)cccc12)c1cccs1. The van der Waals surface area contributed by atoms with Crippen LogP contribution in [0, 0.1) is 0 Å². The van der Waals surface area contributed by atoms with E-state index in [1.807, 2.05) is 42.5 Å². The first-order chi connectivity index (χ1) is 9.25. The average molecular weight is 269 g/mol. The standard InChI is InChI=1S/C16H15NOS/c1-11(16-9-4-10-19-16)18-15-8-3-5-12-13(15)6-2-7-14(12)17/h2-11H,17H2,1H3. The van der Waals surface area contributed by atoms with Crippen molar-refractivity contribution in [3.63, 3.8) is 0 Å². The Balaban J connectivity index is 1.99. The predicted molar refractivity (Wildman–Crippen MR) is 81.7 cm³/mol. The van der Waals surface area contributed by atoms with Gasteiger partial charge in [0.25, 0.3) is 0 Å². The lowest BCUT2D eigenvalue weighted by molar-refractivity contribution is 0.234. The number of thiophene rings is 1. The third kappa shape index (κ3) is 2.29. The highest BCUT2D eigenvalue weighted by molar-refractivity contribution is 7.10. The summed E-state index contributed by atoms with van der Waals surface area (Å²) in [5.41, 5.74) is 6.78. The van der Waals surface area contributed by atoms with Gasteiger partial charge in [-0.15, -0.1) is 11.3 Å². The fourth-order valence-electron chi connectivity index (χ4n) is 2.18. The maximum absolute atomic E-state index is 6.08. The van der Waals surface area contributed by atoms with E-state index < -0.39 is 0 Å². The quantitative estimate of drug-likeness (QED) is 0.704. The van der Waals surface area contributed by atoms with Crippen LogP contribution in [0.2, 0.25) is 0 Å². The maximum Gasteiger partial charge on any atom is 0.130 e. The van der Waals surface area contributed by atoms with Crippen molar-refractivity contribution < 1.29 is 4.74 Å². The van der Waals surface area contributed by atoms with Gasteiger partial charge in [0.05, 0.1) is 0 Å². The van der Waals surface area contributed by atoms with Crippen LogP contribution in [0.5, 0.6) is 5.75 Å². The van der Waals surface area contributed by atoms with Gasteiger partial charge in [-0.05, 0) is 30.5 Å². The summed E-state index contributed by atoms with van der Waals surface area (Å²) in [6, 6.07) is 16.0. The molecule has 0 amide bonds. The molecule has 0 saturated heterocycles. The largest absolute Gasteiger partial charge is 0.485 e. The summed E-state index contributed by atoms with van der Waals surface area (Å²) in [5, 5.41) is 4.17. The van der Waals surface area contributed by atoms with Gasteiger partial charge in [-0.2, -0.15) is 0 Å². The van der Waals surface area contributed by atoms with Gasteiger partial charge in [0, 0.05) is 21.3 Å². The molecule has 1 heterocycles.